The van der Waals surface area contributed by atoms with E-state index in [4.69, 9.17) is 37.9 Å². The van der Waals surface area contributed by atoms with Gasteiger partial charge in [0.1, 0.15) is 0 Å². The Morgan fingerprint density at radius 1 is 0.444 bits per heavy atom. The fourth-order valence-electron chi connectivity index (χ4n) is 1.75. The van der Waals surface area contributed by atoms with Gasteiger partial charge in [0.25, 0.3) is 0 Å². The lowest BCUT2D eigenvalue weighted by Crippen LogP contribution is -2.14. The fraction of sp³-hybridized carbons (Fsp3) is 0.895. The molecule has 0 aliphatic rings. The number of hydrogen-bond acceptors (Lipinski definition) is 8. The van der Waals surface area contributed by atoms with Gasteiger partial charge in [0.05, 0.1) is 99.1 Å². The predicted molar refractivity (Wildman–Crippen MR) is 102 cm³/mol. The van der Waals surface area contributed by atoms with Gasteiger partial charge in [0.15, 0.2) is 0 Å². The summed E-state index contributed by atoms with van der Waals surface area (Å²) in [6.45, 7) is 14.7. The van der Waals surface area contributed by atoms with Crippen molar-refractivity contribution < 1.29 is 37.9 Å². The van der Waals surface area contributed by atoms with Crippen LogP contribution in [0, 0.1) is 0 Å². The Morgan fingerprint density at radius 2 is 0.704 bits per heavy atom. The summed E-state index contributed by atoms with van der Waals surface area (Å²) in [6, 6.07) is 0. The van der Waals surface area contributed by atoms with Crippen molar-refractivity contribution >= 4 is 0 Å². The molecule has 0 aromatic heterocycles. The van der Waals surface area contributed by atoms with E-state index in [1.54, 1.807) is 6.08 Å². The highest BCUT2D eigenvalue weighted by atomic mass is 16.6. The third-order valence-corrected chi connectivity index (χ3v) is 3.04. The second-order valence-corrected chi connectivity index (χ2v) is 5.23. The molecule has 0 unspecified atom stereocenters. The molecule has 0 spiro atoms. The standard InChI is InChI=1S/C19H38O8/c1-3-5-21-8-9-23-12-13-25-16-17-27-19-18-26-15-14-24-11-10-22-7-6-20-4-2/h3H,1,4-19H2,2H3. The zero-order chi connectivity index (χ0) is 19.7. The average molecular weight is 395 g/mol. The molecule has 0 aliphatic carbocycles. The van der Waals surface area contributed by atoms with Crippen molar-refractivity contribution in [2.24, 2.45) is 0 Å². The summed E-state index contributed by atoms with van der Waals surface area (Å²) in [7, 11) is 0. The van der Waals surface area contributed by atoms with Crippen molar-refractivity contribution in [1.29, 1.82) is 0 Å². The van der Waals surface area contributed by atoms with Gasteiger partial charge in [-0.2, -0.15) is 0 Å². The average Bonchev–Trinajstić information content (AvgIpc) is 2.68. The SMILES string of the molecule is C=CCOCCOCCOCCOCCOCCOCCOCCOCC. The zero-order valence-corrected chi connectivity index (χ0v) is 16.9. The second kappa shape index (κ2) is 25.4. The van der Waals surface area contributed by atoms with Crippen LogP contribution in [-0.2, 0) is 37.9 Å². The minimum Gasteiger partial charge on any atom is -0.379 e. The Labute approximate surface area is 164 Å². The summed E-state index contributed by atoms with van der Waals surface area (Å²) in [6.07, 6.45) is 1.71. The van der Waals surface area contributed by atoms with Crippen LogP contribution in [-0.4, -0.2) is 106 Å². The lowest BCUT2D eigenvalue weighted by Gasteiger charge is -2.08. The molecule has 0 heterocycles. The largest absolute Gasteiger partial charge is 0.379 e. The molecule has 27 heavy (non-hydrogen) atoms. The molecule has 0 saturated carbocycles. The molecular formula is C19H38O8. The van der Waals surface area contributed by atoms with Crippen LogP contribution >= 0.6 is 0 Å². The molecule has 0 saturated heterocycles. The van der Waals surface area contributed by atoms with E-state index in [1.807, 2.05) is 6.92 Å². The third kappa shape index (κ3) is 25.4. The van der Waals surface area contributed by atoms with E-state index in [2.05, 4.69) is 6.58 Å². The summed E-state index contributed by atoms with van der Waals surface area (Å²) in [5, 5.41) is 0. The molecule has 0 bridgehead atoms. The monoisotopic (exact) mass is 394 g/mol. The van der Waals surface area contributed by atoms with Crippen LogP contribution in [0.4, 0.5) is 0 Å². The highest BCUT2D eigenvalue weighted by molar-refractivity contribution is 4.63. The summed E-state index contributed by atoms with van der Waals surface area (Å²) in [5.74, 6) is 0. The Hall–Kier alpha value is -0.580. The minimum atomic E-state index is 0.543. The first-order chi connectivity index (χ1) is 13.4. The molecule has 162 valence electrons. The molecule has 0 aromatic rings. The van der Waals surface area contributed by atoms with E-state index in [-0.39, 0.29) is 0 Å². The summed E-state index contributed by atoms with van der Waals surface area (Å²) in [4.78, 5) is 0. The smallest absolute Gasteiger partial charge is 0.0704 e. The molecule has 0 N–H and O–H groups in total. The first-order valence-electron chi connectivity index (χ1n) is 9.64. The van der Waals surface area contributed by atoms with E-state index in [0.29, 0.717) is 99.1 Å². The van der Waals surface area contributed by atoms with Crippen molar-refractivity contribution in [3.8, 4) is 0 Å². The van der Waals surface area contributed by atoms with E-state index < -0.39 is 0 Å². The summed E-state index contributed by atoms with van der Waals surface area (Å²) >= 11 is 0. The summed E-state index contributed by atoms with van der Waals surface area (Å²) in [5.41, 5.74) is 0. The number of rotatable bonds is 24. The first-order valence-corrected chi connectivity index (χ1v) is 9.64. The van der Waals surface area contributed by atoms with Gasteiger partial charge in [0.2, 0.25) is 0 Å². The van der Waals surface area contributed by atoms with Crippen molar-refractivity contribution in [2.45, 2.75) is 6.92 Å². The van der Waals surface area contributed by atoms with Crippen LogP contribution < -0.4 is 0 Å². The molecule has 8 heteroatoms. The van der Waals surface area contributed by atoms with Crippen LogP contribution in [0.25, 0.3) is 0 Å². The molecule has 8 nitrogen and oxygen atoms in total. The highest BCUT2D eigenvalue weighted by Gasteiger charge is 1.94. The molecule has 0 fully saturated rings. The van der Waals surface area contributed by atoms with Gasteiger partial charge in [-0.05, 0) is 6.92 Å². The Bertz CT molecular complexity index is 278. The van der Waals surface area contributed by atoms with Gasteiger partial charge >= 0.3 is 0 Å². The lowest BCUT2D eigenvalue weighted by atomic mass is 10.6. The maximum Gasteiger partial charge on any atom is 0.0704 e. The highest BCUT2D eigenvalue weighted by Crippen LogP contribution is 1.85. The van der Waals surface area contributed by atoms with Crippen molar-refractivity contribution in [1.82, 2.24) is 0 Å². The molecule has 0 atom stereocenters. The number of hydrogen-bond donors (Lipinski definition) is 0. The Kier molecular flexibility index (Phi) is 24.9. The van der Waals surface area contributed by atoms with Crippen LogP contribution in [0.2, 0.25) is 0 Å². The van der Waals surface area contributed by atoms with E-state index in [0.717, 1.165) is 6.61 Å². The van der Waals surface area contributed by atoms with E-state index in [1.165, 1.54) is 0 Å². The maximum atomic E-state index is 5.40. The lowest BCUT2D eigenvalue weighted by molar-refractivity contribution is -0.0223. The number of ether oxygens (including phenoxy) is 8. The third-order valence-electron chi connectivity index (χ3n) is 3.04. The van der Waals surface area contributed by atoms with Gasteiger partial charge in [-0.25, -0.2) is 0 Å². The van der Waals surface area contributed by atoms with Gasteiger partial charge in [0, 0.05) is 6.61 Å². The molecule has 0 aromatic carbocycles. The Balaban J connectivity index is 2.96. The van der Waals surface area contributed by atoms with Crippen molar-refractivity contribution in [2.75, 3.05) is 106 Å². The summed E-state index contributed by atoms with van der Waals surface area (Å²) < 4.78 is 42.6. The minimum absolute atomic E-state index is 0.543. The topological polar surface area (TPSA) is 73.8 Å². The molecule has 0 rings (SSSR count). The van der Waals surface area contributed by atoms with Gasteiger partial charge in [-0.1, -0.05) is 6.08 Å². The zero-order valence-electron chi connectivity index (χ0n) is 16.9. The predicted octanol–water partition coefficient (Wildman–Crippen LogP) is 1.33. The molecular weight excluding hydrogens is 356 g/mol. The van der Waals surface area contributed by atoms with Crippen LogP contribution in [0.15, 0.2) is 12.7 Å². The molecule has 0 radical (unpaired) electrons. The fourth-order valence-corrected chi connectivity index (χ4v) is 1.75. The Morgan fingerprint density at radius 3 is 0.963 bits per heavy atom. The van der Waals surface area contributed by atoms with Gasteiger partial charge in [-0.3, -0.25) is 0 Å². The quantitative estimate of drug-likeness (QED) is 0.179. The molecule has 0 amide bonds. The van der Waals surface area contributed by atoms with Crippen molar-refractivity contribution in [3.05, 3.63) is 12.7 Å². The normalized spacial score (nSPS) is 11.1. The van der Waals surface area contributed by atoms with E-state index in [9.17, 15) is 0 Å². The van der Waals surface area contributed by atoms with Crippen LogP contribution in [0.3, 0.4) is 0 Å². The first kappa shape index (κ1) is 26.4. The van der Waals surface area contributed by atoms with Gasteiger partial charge in [-0.15, -0.1) is 6.58 Å². The molecule has 0 aliphatic heterocycles. The van der Waals surface area contributed by atoms with Crippen molar-refractivity contribution in [3.63, 3.8) is 0 Å². The van der Waals surface area contributed by atoms with E-state index >= 15 is 0 Å². The van der Waals surface area contributed by atoms with Gasteiger partial charge < -0.3 is 37.9 Å². The van der Waals surface area contributed by atoms with Crippen LogP contribution in [0.1, 0.15) is 6.92 Å². The second-order valence-electron chi connectivity index (χ2n) is 5.23. The van der Waals surface area contributed by atoms with Crippen LogP contribution in [0.5, 0.6) is 0 Å². The maximum absolute atomic E-state index is 5.40.